The summed E-state index contributed by atoms with van der Waals surface area (Å²) in [5.41, 5.74) is 0.571. The quantitative estimate of drug-likeness (QED) is 0.800. The maximum atomic E-state index is 11.8. The van der Waals surface area contributed by atoms with Crippen LogP contribution in [0.5, 0.6) is 0 Å². The summed E-state index contributed by atoms with van der Waals surface area (Å²) in [7, 11) is 0. The van der Waals surface area contributed by atoms with Crippen LogP contribution in [-0.4, -0.2) is 23.2 Å². The number of H-pyrrole nitrogens is 1. The molecule has 0 radical (unpaired) electrons. The summed E-state index contributed by atoms with van der Waals surface area (Å²) >= 11 is 0. The molecule has 5 heteroatoms. The lowest BCUT2D eigenvalue weighted by Gasteiger charge is -2.04. The van der Waals surface area contributed by atoms with Gasteiger partial charge in [0.15, 0.2) is 5.78 Å². The summed E-state index contributed by atoms with van der Waals surface area (Å²) < 4.78 is 0. The lowest BCUT2D eigenvalue weighted by atomic mass is 10.1. The number of ketones is 1. The molecule has 0 spiro atoms. The number of pyridine rings is 1. The highest BCUT2D eigenvalue weighted by Crippen LogP contribution is 1.99. The van der Waals surface area contributed by atoms with E-state index in [-0.39, 0.29) is 17.9 Å². The second kappa shape index (κ2) is 5.77. The molecule has 2 aromatic rings. The molecule has 0 saturated heterocycles. The summed E-state index contributed by atoms with van der Waals surface area (Å²) in [5.74, 6) is -0.570. The van der Waals surface area contributed by atoms with E-state index in [0.29, 0.717) is 11.1 Å². The molecule has 96 valence electrons. The third kappa shape index (κ3) is 3.38. The van der Waals surface area contributed by atoms with E-state index >= 15 is 0 Å². The molecule has 0 aliphatic carbocycles. The van der Waals surface area contributed by atoms with Gasteiger partial charge in [-0.15, -0.1) is 0 Å². The third-order valence-corrected chi connectivity index (χ3v) is 2.55. The second-order valence-electron chi connectivity index (χ2n) is 3.91. The van der Waals surface area contributed by atoms with Crippen LogP contribution in [0.15, 0.2) is 53.5 Å². The van der Waals surface area contributed by atoms with Crippen molar-refractivity contribution in [2.45, 2.75) is 0 Å². The Hall–Kier alpha value is -2.69. The van der Waals surface area contributed by atoms with Gasteiger partial charge in [0.2, 0.25) is 5.56 Å². The fourth-order valence-corrected chi connectivity index (χ4v) is 1.54. The van der Waals surface area contributed by atoms with E-state index in [1.54, 1.807) is 24.3 Å². The smallest absolute Gasteiger partial charge is 0.253 e. The van der Waals surface area contributed by atoms with Gasteiger partial charge in [0.1, 0.15) is 0 Å². The number of amides is 1. The molecule has 0 unspecified atom stereocenters. The van der Waals surface area contributed by atoms with Crippen molar-refractivity contribution < 1.29 is 9.59 Å². The van der Waals surface area contributed by atoms with Gasteiger partial charge in [-0.1, -0.05) is 30.3 Å². The van der Waals surface area contributed by atoms with Crippen LogP contribution in [0.2, 0.25) is 0 Å². The molecule has 5 nitrogen and oxygen atoms in total. The van der Waals surface area contributed by atoms with Crippen molar-refractivity contribution >= 4 is 11.7 Å². The van der Waals surface area contributed by atoms with Crippen LogP contribution in [0.4, 0.5) is 0 Å². The minimum Gasteiger partial charge on any atom is -0.345 e. The number of aromatic nitrogens is 1. The monoisotopic (exact) mass is 256 g/mol. The Bertz CT molecular complexity index is 627. The average molecular weight is 256 g/mol. The Labute approximate surface area is 109 Å². The Morgan fingerprint density at radius 1 is 1.00 bits per heavy atom. The lowest BCUT2D eigenvalue weighted by Crippen LogP contribution is -2.29. The van der Waals surface area contributed by atoms with Gasteiger partial charge in [-0.05, 0) is 6.07 Å². The van der Waals surface area contributed by atoms with Crippen LogP contribution in [-0.2, 0) is 0 Å². The minimum atomic E-state index is -0.402. The number of benzene rings is 1. The molecular formula is C14H12N2O3. The van der Waals surface area contributed by atoms with Gasteiger partial charge >= 0.3 is 0 Å². The molecule has 0 aliphatic rings. The first-order chi connectivity index (χ1) is 9.16. The molecule has 2 rings (SSSR count). The van der Waals surface area contributed by atoms with Crippen LogP contribution in [0.1, 0.15) is 20.7 Å². The van der Waals surface area contributed by atoms with Gasteiger partial charge in [0.25, 0.3) is 5.91 Å². The zero-order valence-electron chi connectivity index (χ0n) is 10.1. The average Bonchev–Trinajstić information content (AvgIpc) is 2.46. The SMILES string of the molecule is O=C(CNC(=O)c1ccc(=O)[nH]c1)c1ccccc1. The molecule has 1 heterocycles. The first-order valence-electron chi connectivity index (χ1n) is 5.72. The number of carbonyl (C=O) groups is 2. The molecule has 1 aromatic heterocycles. The van der Waals surface area contributed by atoms with Gasteiger partial charge in [0.05, 0.1) is 12.1 Å². The summed E-state index contributed by atoms with van der Waals surface area (Å²) in [6.45, 7) is -0.0814. The largest absolute Gasteiger partial charge is 0.345 e. The molecular weight excluding hydrogens is 244 g/mol. The molecule has 0 aliphatic heterocycles. The van der Waals surface area contributed by atoms with Crippen molar-refractivity contribution in [3.8, 4) is 0 Å². The molecule has 19 heavy (non-hydrogen) atoms. The number of rotatable bonds is 4. The molecule has 0 atom stereocenters. The number of aromatic amines is 1. The van der Waals surface area contributed by atoms with E-state index in [1.165, 1.54) is 18.3 Å². The fourth-order valence-electron chi connectivity index (χ4n) is 1.54. The second-order valence-corrected chi connectivity index (χ2v) is 3.91. The molecule has 2 N–H and O–H groups in total. The molecule has 0 fully saturated rings. The molecule has 1 amide bonds. The maximum absolute atomic E-state index is 11.8. The summed E-state index contributed by atoms with van der Waals surface area (Å²) in [4.78, 5) is 36.7. The Balaban J connectivity index is 1.96. The highest BCUT2D eigenvalue weighted by Gasteiger charge is 2.09. The van der Waals surface area contributed by atoms with Crippen molar-refractivity contribution in [1.82, 2.24) is 10.3 Å². The van der Waals surface area contributed by atoms with E-state index in [0.717, 1.165) is 0 Å². The topological polar surface area (TPSA) is 79.0 Å². The van der Waals surface area contributed by atoms with Gasteiger partial charge < -0.3 is 10.3 Å². The first kappa shape index (κ1) is 12.8. The van der Waals surface area contributed by atoms with E-state index in [1.807, 2.05) is 6.07 Å². The van der Waals surface area contributed by atoms with E-state index in [9.17, 15) is 14.4 Å². The van der Waals surface area contributed by atoms with Crippen LogP contribution >= 0.6 is 0 Å². The van der Waals surface area contributed by atoms with E-state index in [2.05, 4.69) is 10.3 Å². The zero-order valence-corrected chi connectivity index (χ0v) is 10.1. The maximum Gasteiger partial charge on any atom is 0.253 e. The standard InChI is InChI=1S/C14H12N2O3/c17-12(10-4-2-1-3-5-10)9-16-14(19)11-6-7-13(18)15-8-11/h1-8H,9H2,(H,15,18)(H,16,19). The van der Waals surface area contributed by atoms with Gasteiger partial charge in [-0.2, -0.15) is 0 Å². The van der Waals surface area contributed by atoms with Crippen LogP contribution in [0.25, 0.3) is 0 Å². The van der Waals surface area contributed by atoms with E-state index < -0.39 is 5.91 Å². The summed E-state index contributed by atoms with van der Waals surface area (Å²) in [6.07, 6.45) is 1.31. The Kier molecular flexibility index (Phi) is 3.87. The molecule has 0 bridgehead atoms. The van der Waals surface area contributed by atoms with Crippen molar-refractivity contribution in [2.75, 3.05) is 6.54 Å². The normalized spacial score (nSPS) is 9.89. The predicted octanol–water partition coefficient (Wildman–Crippen LogP) is 0.988. The summed E-state index contributed by atoms with van der Waals surface area (Å²) in [5, 5.41) is 2.51. The Morgan fingerprint density at radius 2 is 1.74 bits per heavy atom. The number of hydrogen-bond acceptors (Lipinski definition) is 3. The van der Waals surface area contributed by atoms with Crippen molar-refractivity contribution in [3.05, 3.63) is 70.1 Å². The highest BCUT2D eigenvalue weighted by molar-refractivity contribution is 6.01. The summed E-state index contributed by atoms with van der Waals surface area (Å²) in [6, 6.07) is 11.4. The number of Topliss-reactive ketones (excluding diaryl/α,β-unsaturated/α-hetero) is 1. The first-order valence-corrected chi connectivity index (χ1v) is 5.72. The molecule has 0 saturated carbocycles. The van der Waals surface area contributed by atoms with Gasteiger partial charge in [-0.3, -0.25) is 14.4 Å². The van der Waals surface area contributed by atoms with Crippen molar-refractivity contribution in [1.29, 1.82) is 0 Å². The fraction of sp³-hybridized carbons (Fsp3) is 0.0714. The zero-order chi connectivity index (χ0) is 13.7. The minimum absolute atomic E-state index is 0.0814. The number of nitrogens with one attached hydrogen (secondary N) is 2. The number of hydrogen-bond donors (Lipinski definition) is 2. The van der Waals surface area contributed by atoms with Crippen molar-refractivity contribution in [2.24, 2.45) is 0 Å². The predicted molar refractivity (Wildman–Crippen MR) is 70.2 cm³/mol. The highest BCUT2D eigenvalue weighted by atomic mass is 16.2. The van der Waals surface area contributed by atoms with Crippen molar-refractivity contribution in [3.63, 3.8) is 0 Å². The van der Waals surface area contributed by atoms with Crippen LogP contribution < -0.4 is 10.9 Å². The van der Waals surface area contributed by atoms with Gasteiger partial charge in [0, 0.05) is 17.8 Å². The lowest BCUT2D eigenvalue weighted by molar-refractivity contribution is 0.0904. The Morgan fingerprint density at radius 3 is 2.37 bits per heavy atom. The van der Waals surface area contributed by atoms with E-state index in [4.69, 9.17) is 0 Å². The third-order valence-electron chi connectivity index (χ3n) is 2.55. The number of carbonyl (C=O) groups excluding carboxylic acids is 2. The van der Waals surface area contributed by atoms with Gasteiger partial charge in [-0.25, -0.2) is 0 Å². The van der Waals surface area contributed by atoms with Crippen LogP contribution in [0.3, 0.4) is 0 Å². The van der Waals surface area contributed by atoms with Crippen LogP contribution in [0, 0.1) is 0 Å². The molecule has 1 aromatic carbocycles.